The lowest BCUT2D eigenvalue weighted by molar-refractivity contribution is -0.907. The van der Waals surface area contributed by atoms with Crippen molar-refractivity contribution >= 4 is 0 Å². The molecule has 0 amide bonds. The van der Waals surface area contributed by atoms with Crippen LogP contribution in [-0.2, 0) is 4.74 Å². The van der Waals surface area contributed by atoms with Crippen LogP contribution in [0.25, 0.3) is 0 Å². The Hall–Kier alpha value is -0.630. The Morgan fingerprint density at radius 2 is 2.42 bits per heavy atom. The predicted molar refractivity (Wildman–Crippen MR) is 43.9 cm³/mol. The molecule has 12 heavy (non-hydrogen) atoms. The van der Waals surface area contributed by atoms with Crippen LogP contribution in [0.15, 0.2) is 0 Å². The van der Waals surface area contributed by atoms with Crippen molar-refractivity contribution in [3.8, 4) is 6.07 Å². The van der Waals surface area contributed by atoms with Crippen molar-refractivity contribution in [3.05, 3.63) is 5.21 Å². The number of likely N-dealkylation sites (N-methyl/N-ethyl adjacent to an activating group) is 1. The Balaban J connectivity index is 2.79. The molecule has 0 radical (unpaired) electrons. The summed E-state index contributed by atoms with van der Waals surface area (Å²) in [6.07, 6.45) is -0.235. The second-order valence-electron chi connectivity index (χ2n) is 3.14. The summed E-state index contributed by atoms with van der Waals surface area (Å²) in [5.74, 6) is 0. The number of nitrogens with zero attached hydrogens (tertiary/aromatic N) is 2. The van der Waals surface area contributed by atoms with Crippen molar-refractivity contribution < 1.29 is 9.38 Å². The third-order valence-electron chi connectivity index (χ3n) is 2.47. The first kappa shape index (κ1) is 9.46. The zero-order valence-corrected chi connectivity index (χ0v) is 7.49. The van der Waals surface area contributed by atoms with Gasteiger partial charge < -0.3 is 14.6 Å². The average Bonchev–Trinajstić information content (AvgIpc) is 2.05. The topological polar surface area (TPSA) is 56.1 Å². The number of rotatable bonds is 1. The van der Waals surface area contributed by atoms with Crippen LogP contribution in [-0.4, -0.2) is 36.5 Å². The summed E-state index contributed by atoms with van der Waals surface area (Å²) in [7, 11) is 0. The molecule has 0 aliphatic carbocycles. The highest BCUT2D eigenvalue weighted by Gasteiger charge is 2.36. The summed E-state index contributed by atoms with van der Waals surface area (Å²) in [6.45, 7) is 4.92. The number of nitriles is 1. The van der Waals surface area contributed by atoms with Gasteiger partial charge in [0.25, 0.3) is 0 Å². The fourth-order valence-electron chi connectivity index (χ4n) is 1.57. The maximum absolute atomic E-state index is 11.9. The van der Waals surface area contributed by atoms with E-state index < -0.39 is 10.7 Å². The fraction of sp³-hybridized carbons (Fsp3) is 0.875. The summed E-state index contributed by atoms with van der Waals surface area (Å²) in [5.41, 5.74) is 0. The van der Waals surface area contributed by atoms with Gasteiger partial charge in [0.1, 0.15) is 18.7 Å². The quantitative estimate of drug-likeness (QED) is 0.428. The van der Waals surface area contributed by atoms with Crippen LogP contribution in [0.1, 0.15) is 13.8 Å². The molecule has 0 aromatic rings. The average molecular weight is 170 g/mol. The van der Waals surface area contributed by atoms with Gasteiger partial charge in [0, 0.05) is 0 Å². The minimum absolute atomic E-state index is 0.235. The van der Waals surface area contributed by atoms with Crippen LogP contribution in [0.4, 0.5) is 0 Å². The van der Waals surface area contributed by atoms with E-state index in [0.29, 0.717) is 19.7 Å². The maximum atomic E-state index is 11.9. The van der Waals surface area contributed by atoms with Gasteiger partial charge in [-0.15, -0.1) is 0 Å². The summed E-state index contributed by atoms with van der Waals surface area (Å²) < 4.78 is 4.82. The monoisotopic (exact) mass is 170 g/mol. The number of hydrogen-bond acceptors (Lipinski definition) is 3. The number of ether oxygens (including phenoxy) is 1. The highest BCUT2D eigenvalue weighted by atomic mass is 16.6. The molecule has 1 rings (SSSR count). The number of quaternary nitrogens is 1. The molecule has 0 aromatic carbocycles. The molecule has 68 valence electrons. The number of morpholine rings is 1. The summed E-state index contributed by atoms with van der Waals surface area (Å²) in [6, 6.07) is 1.48. The SMILES string of the molecule is CC[N+]1([O-])CCOC(C)C1C#N. The molecule has 1 aliphatic rings. The van der Waals surface area contributed by atoms with Crippen molar-refractivity contribution in [3.63, 3.8) is 0 Å². The molecule has 3 atom stereocenters. The molecule has 0 spiro atoms. The maximum Gasteiger partial charge on any atom is 0.202 e. The predicted octanol–water partition coefficient (Wildman–Crippen LogP) is 0.632. The zero-order valence-electron chi connectivity index (χ0n) is 7.49. The van der Waals surface area contributed by atoms with Gasteiger partial charge in [0.15, 0.2) is 0 Å². The number of hydrogen-bond donors (Lipinski definition) is 0. The van der Waals surface area contributed by atoms with E-state index in [1.165, 1.54) is 0 Å². The molecule has 4 nitrogen and oxygen atoms in total. The van der Waals surface area contributed by atoms with Gasteiger partial charge in [-0.05, 0) is 13.8 Å². The van der Waals surface area contributed by atoms with Crippen LogP contribution in [0.5, 0.6) is 0 Å². The van der Waals surface area contributed by atoms with E-state index in [0.717, 1.165) is 0 Å². The third-order valence-corrected chi connectivity index (χ3v) is 2.47. The van der Waals surface area contributed by atoms with Crippen molar-refractivity contribution in [2.24, 2.45) is 0 Å². The third kappa shape index (κ3) is 1.44. The second-order valence-corrected chi connectivity index (χ2v) is 3.14. The molecule has 4 heteroatoms. The molecule has 0 saturated carbocycles. The van der Waals surface area contributed by atoms with Crippen molar-refractivity contribution in [1.29, 1.82) is 5.26 Å². The Kier molecular flexibility index (Phi) is 2.68. The highest BCUT2D eigenvalue weighted by Crippen LogP contribution is 2.20. The van der Waals surface area contributed by atoms with E-state index in [1.54, 1.807) is 6.92 Å². The summed E-state index contributed by atoms with van der Waals surface area (Å²) >= 11 is 0. The van der Waals surface area contributed by atoms with Crippen LogP contribution in [0.2, 0.25) is 0 Å². The molecule has 1 heterocycles. The molecule has 1 aliphatic heterocycles. The van der Waals surface area contributed by atoms with E-state index in [9.17, 15) is 5.21 Å². The zero-order chi connectivity index (χ0) is 9.19. The van der Waals surface area contributed by atoms with Gasteiger partial charge in [-0.3, -0.25) is 0 Å². The smallest absolute Gasteiger partial charge is 0.202 e. The lowest BCUT2D eigenvalue weighted by Gasteiger charge is -2.49. The first-order chi connectivity index (χ1) is 5.64. The van der Waals surface area contributed by atoms with Crippen molar-refractivity contribution in [2.75, 3.05) is 19.7 Å². The molecule has 1 fully saturated rings. The van der Waals surface area contributed by atoms with Gasteiger partial charge in [0.2, 0.25) is 6.04 Å². The molecule has 0 N–H and O–H groups in total. The normalized spacial score (nSPS) is 42.2. The first-order valence-corrected chi connectivity index (χ1v) is 4.23. The van der Waals surface area contributed by atoms with Crippen molar-refractivity contribution in [2.45, 2.75) is 26.0 Å². The minimum Gasteiger partial charge on any atom is -0.632 e. The Labute approximate surface area is 72.5 Å². The minimum atomic E-state index is -0.552. The van der Waals surface area contributed by atoms with Gasteiger partial charge in [-0.1, -0.05) is 0 Å². The first-order valence-electron chi connectivity index (χ1n) is 4.23. The number of hydroxylamine groups is 3. The van der Waals surface area contributed by atoms with Crippen molar-refractivity contribution in [1.82, 2.24) is 0 Å². The molecular weight excluding hydrogens is 156 g/mol. The molecule has 0 aromatic heterocycles. The molecule has 3 unspecified atom stereocenters. The van der Waals surface area contributed by atoms with E-state index in [4.69, 9.17) is 10.00 Å². The lowest BCUT2D eigenvalue weighted by atomic mass is 10.1. The Morgan fingerprint density at radius 3 is 2.83 bits per heavy atom. The van der Waals surface area contributed by atoms with Gasteiger partial charge in [-0.2, -0.15) is 5.26 Å². The second kappa shape index (κ2) is 3.40. The van der Waals surface area contributed by atoms with Gasteiger partial charge in [-0.25, -0.2) is 0 Å². The largest absolute Gasteiger partial charge is 0.632 e. The van der Waals surface area contributed by atoms with Crippen LogP contribution in [0, 0.1) is 16.5 Å². The highest BCUT2D eigenvalue weighted by molar-refractivity contribution is 4.91. The fourth-order valence-corrected chi connectivity index (χ4v) is 1.57. The van der Waals surface area contributed by atoms with E-state index in [-0.39, 0.29) is 6.10 Å². The van der Waals surface area contributed by atoms with E-state index in [2.05, 4.69) is 0 Å². The molecule has 1 saturated heterocycles. The van der Waals surface area contributed by atoms with Crippen LogP contribution in [0.3, 0.4) is 0 Å². The standard InChI is InChI=1S/C8H14N2O2/c1-3-10(11)4-5-12-7(2)8(10)6-9/h7-8H,3-5H2,1-2H3. The van der Waals surface area contributed by atoms with Crippen LogP contribution < -0.4 is 0 Å². The Bertz CT molecular complexity index is 202. The summed E-state index contributed by atoms with van der Waals surface area (Å²) in [5, 5.41) is 20.7. The van der Waals surface area contributed by atoms with E-state index >= 15 is 0 Å². The summed E-state index contributed by atoms with van der Waals surface area (Å²) in [4.78, 5) is 0. The van der Waals surface area contributed by atoms with Gasteiger partial charge in [0.05, 0.1) is 13.2 Å². The lowest BCUT2D eigenvalue weighted by Crippen LogP contribution is -2.60. The molecular formula is C8H14N2O2. The molecule has 0 bridgehead atoms. The van der Waals surface area contributed by atoms with E-state index in [1.807, 2.05) is 13.0 Å². The Morgan fingerprint density at radius 1 is 1.75 bits per heavy atom. The van der Waals surface area contributed by atoms with Crippen LogP contribution >= 0.6 is 0 Å². The van der Waals surface area contributed by atoms with Gasteiger partial charge >= 0.3 is 0 Å².